The minimum absolute atomic E-state index is 0.0167. The molecule has 0 bridgehead atoms. The summed E-state index contributed by atoms with van der Waals surface area (Å²) in [7, 11) is 0. The summed E-state index contributed by atoms with van der Waals surface area (Å²) < 4.78 is 18.9. The molecular weight excluding hydrogens is 465 g/mol. The summed E-state index contributed by atoms with van der Waals surface area (Å²) in [4.78, 5) is 24.7. The fourth-order valence-electron chi connectivity index (χ4n) is 3.62. The fraction of sp³-hybridized carbons (Fsp3) is 0.148. The van der Waals surface area contributed by atoms with Gasteiger partial charge >= 0.3 is 0 Å². The third kappa shape index (κ3) is 6.49. The summed E-state index contributed by atoms with van der Waals surface area (Å²) in [6.45, 7) is 0.441. The maximum absolute atomic E-state index is 13.0. The highest BCUT2D eigenvalue weighted by Crippen LogP contribution is 2.36. The molecule has 2 amide bonds. The Hall–Kier alpha value is -4.09. The number of carbonyl (C=O) groups excluding carboxylic acids is 2. The molecule has 1 aliphatic rings. The zero-order chi connectivity index (χ0) is 24.6. The van der Waals surface area contributed by atoms with Crippen molar-refractivity contribution in [3.63, 3.8) is 0 Å². The first-order chi connectivity index (χ1) is 17.0. The zero-order valence-corrected chi connectivity index (χ0v) is 19.5. The number of halogens is 1. The number of anilines is 1. The van der Waals surface area contributed by atoms with Crippen LogP contribution in [0.15, 0.2) is 89.5 Å². The van der Waals surface area contributed by atoms with Gasteiger partial charge in [-0.1, -0.05) is 54.2 Å². The van der Waals surface area contributed by atoms with Gasteiger partial charge in [0.1, 0.15) is 18.2 Å². The predicted octanol–water partition coefficient (Wildman–Crippen LogP) is 5.12. The van der Waals surface area contributed by atoms with Gasteiger partial charge in [-0.15, -0.1) is 0 Å². The smallest absolute Gasteiger partial charge is 0.234 e. The van der Waals surface area contributed by atoms with E-state index in [2.05, 4.69) is 16.7 Å². The molecule has 0 aromatic heterocycles. The van der Waals surface area contributed by atoms with Gasteiger partial charge in [0.05, 0.1) is 22.4 Å². The molecule has 1 heterocycles. The number of nitrogens with one attached hydrogen (secondary N) is 2. The molecule has 3 aromatic rings. The molecule has 0 radical (unpaired) electrons. The first-order valence-corrected chi connectivity index (χ1v) is 11.9. The van der Waals surface area contributed by atoms with Gasteiger partial charge < -0.3 is 15.4 Å². The van der Waals surface area contributed by atoms with Gasteiger partial charge in [0, 0.05) is 18.0 Å². The van der Waals surface area contributed by atoms with Crippen LogP contribution in [0.2, 0.25) is 0 Å². The van der Waals surface area contributed by atoms with E-state index in [1.165, 1.54) is 24.3 Å². The number of hydrogen-bond donors (Lipinski definition) is 2. The summed E-state index contributed by atoms with van der Waals surface area (Å²) in [5.41, 5.74) is 2.74. The zero-order valence-electron chi connectivity index (χ0n) is 18.7. The van der Waals surface area contributed by atoms with E-state index < -0.39 is 11.7 Å². The van der Waals surface area contributed by atoms with Crippen LogP contribution in [-0.4, -0.2) is 17.6 Å². The lowest BCUT2D eigenvalue weighted by Crippen LogP contribution is -2.31. The molecule has 0 unspecified atom stereocenters. The van der Waals surface area contributed by atoms with Crippen LogP contribution in [0.4, 0.5) is 10.1 Å². The highest BCUT2D eigenvalue weighted by molar-refractivity contribution is 8.03. The molecular formula is C27H22FN3O3S. The SMILES string of the molecule is N#CC1=C(SCC(=O)Nc2ccc(F)cc2)NC(=O)C[C@@H]1c1ccc(OCc2ccccc2)cc1. The Labute approximate surface area is 206 Å². The second-order valence-corrected chi connectivity index (χ2v) is 8.83. The molecule has 35 heavy (non-hydrogen) atoms. The highest BCUT2D eigenvalue weighted by Gasteiger charge is 2.30. The number of carbonyl (C=O) groups is 2. The molecule has 2 N–H and O–H groups in total. The Morgan fingerprint density at radius 1 is 1.09 bits per heavy atom. The first-order valence-electron chi connectivity index (χ1n) is 10.9. The van der Waals surface area contributed by atoms with E-state index in [-0.39, 0.29) is 24.0 Å². The summed E-state index contributed by atoms with van der Waals surface area (Å²) in [5.74, 6) is -0.695. The molecule has 0 saturated carbocycles. The number of hydrogen-bond acceptors (Lipinski definition) is 5. The Morgan fingerprint density at radius 3 is 2.49 bits per heavy atom. The topological polar surface area (TPSA) is 91.2 Å². The monoisotopic (exact) mass is 487 g/mol. The molecule has 0 fully saturated rings. The van der Waals surface area contributed by atoms with E-state index in [4.69, 9.17) is 4.74 Å². The van der Waals surface area contributed by atoms with Crippen LogP contribution in [0.3, 0.4) is 0 Å². The molecule has 6 nitrogen and oxygen atoms in total. The van der Waals surface area contributed by atoms with Crippen molar-refractivity contribution in [2.45, 2.75) is 18.9 Å². The summed E-state index contributed by atoms with van der Waals surface area (Å²) in [6, 6.07) is 24.8. The Bertz CT molecular complexity index is 1270. The van der Waals surface area contributed by atoms with Gasteiger partial charge in [0.25, 0.3) is 0 Å². The fourth-order valence-corrected chi connectivity index (χ4v) is 4.50. The van der Waals surface area contributed by atoms with E-state index in [1.807, 2.05) is 54.6 Å². The van der Waals surface area contributed by atoms with E-state index in [0.29, 0.717) is 28.6 Å². The quantitative estimate of drug-likeness (QED) is 0.461. The lowest BCUT2D eigenvalue weighted by atomic mass is 9.87. The van der Waals surface area contributed by atoms with Gasteiger partial charge in [0.15, 0.2) is 0 Å². The van der Waals surface area contributed by atoms with Crippen LogP contribution in [0.5, 0.6) is 5.75 Å². The van der Waals surface area contributed by atoms with Gasteiger partial charge in [-0.3, -0.25) is 9.59 Å². The van der Waals surface area contributed by atoms with Crippen molar-refractivity contribution in [2.75, 3.05) is 11.1 Å². The van der Waals surface area contributed by atoms with Crippen LogP contribution in [0, 0.1) is 17.1 Å². The van der Waals surface area contributed by atoms with Gasteiger partial charge in [-0.05, 0) is 47.5 Å². The van der Waals surface area contributed by atoms with Gasteiger partial charge in [-0.25, -0.2) is 4.39 Å². The standard InChI is InChI=1S/C27H22FN3O3S/c28-20-8-10-21(11-9-20)30-26(33)17-35-27-24(15-29)23(14-25(32)31-27)19-6-12-22(13-7-19)34-16-18-4-2-1-3-5-18/h1-13,23H,14,16-17H2,(H,30,33)(H,31,32)/t23-/m1/s1. The third-order valence-corrected chi connectivity index (χ3v) is 6.38. The molecule has 0 saturated heterocycles. The van der Waals surface area contributed by atoms with Crippen molar-refractivity contribution in [3.8, 4) is 11.8 Å². The number of benzene rings is 3. The summed E-state index contributed by atoms with van der Waals surface area (Å²) in [6.07, 6.45) is 0.138. The summed E-state index contributed by atoms with van der Waals surface area (Å²) >= 11 is 1.09. The number of rotatable bonds is 8. The Balaban J connectivity index is 1.42. The van der Waals surface area contributed by atoms with Crippen LogP contribution < -0.4 is 15.4 Å². The number of allylic oxidation sites excluding steroid dienone is 1. The third-order valence-electron chi connectivity index (χ3n) is 5.36. The number of thioether (sulfide) groups is 1. The molecule has 4 rings (SSSR count). The molecule has 1 aliphatic heterocycles. The number of amides is 2. The molecule has 3 aromatic carbocycles. The molecule has 176 valence electrons. The van der Waals surface area contributed by atoms with Gasteiger partial charge in [0.2, 0.25) is 11.8 Å². The van der Waals surface area contributed by atoms with E-state index >= 15 is 0 Å². The van der Waals surface area contributed by atoms with Crippen molar-refractivity contribution in [3.05, 3.63) is 106 Å². The van der Waals surface area contributed by atoms with Gasteiger partial charge in [-0.2, -0.15) is 5.26 Å². The van der Waals surface area contributed by atoms with Crippen molar-refractivity contribution in [2.24, 2.45) is 0 Å². The lowest BCUT2D eigenvalue weighted by Gasteiger charge is -2.25. The molecule has 0 spiro atoms. The van der Waals surface area contributed by atoms with Crippen LogP contribution in [0.25, 0.3) is 0 Å². The van der Waals surface area contributed by atoms with Crippen molar-refractivity contribution < 1.29 is 18.7 Å². The second-order valence-electron chi connectivity index (χ2n) is 7.85. The average molecular weight is 488 g/mol. The first kappa shape index (κ1) is 24.0. The number of nitrogens with zero attached hydrogens (tertiary/aromatic N) is 1. The highest BCUT2D eigenvalue weighted by atomic mass is 32.2. The number of ether oxygens (including phenoxy) is 1. The van der Waals surface area contributed by atoms with E-state index in [0.717, 1.165) is 22.9 Å². The second kappa shape index (κ2) is 11.4. The Morgan fingerprint density at radius 2 is 1.80 bits per heavy atom. The summed E-state index contributed by atoms with van der Waals surface area (Å²) in [5, 5.41) is 15.6. The van der Waals surface area contributed by atoms with Crippen LogP contribution >= 0.6 is 11.8 Å². The largest absolute Gasteiger partial charge is 0.489 e. The average Bonchev–Trinajstić information content (AvgIpc) is 2.88. The molecule has 0 aliphatic carbocycles. The lowest BCUT2D eigenvalue weighted by molar-refractivity contribution is -0.121. The minimum Gasteiger partial charge on any atom is -0.489 e. The van der Waals surface area contributed by atoms with Crippen molar-refractivity contribution >= 4 is 29.3 Å². The maximum atomic E-state index is 13.0. The molecule has 1 atom stereocenters. The molecule has 8 heteroatoms. The minimum atomic E-state index is -0.417. The maximum Gasteiger partial charge on any atom is 0.234 e. The van der Waals surface area contributed by atoms with Crippen LogP contribution in [-0.2, 0) is 16.2 Å². The van der Waals surface area contributed by atoms with Crippen molar-refractivity contribution in [1.29, 1.82) is 5.26 Å². The number of nitriles is 1. The van der Waals surface area contributed by atoms with Crippen LogP contribution in [0.1, 0.15) is 23.5 Å². The Kier molecular flexibility index (Phi) is 7.81. The van der Waals surface area contributed by atoms with E-state index in [9.17, 15) is 19.2 Å². The normalized spacial score (nSPS) is 15.2. The van der Waals surface area contributed by atoms with Crippen molar-refractivity contribution in [1.82, 2.24) is 5.32 Å². The predicted molar refractivity (Wildman–Crippen MR) is 133 cm³/mol. The van der Waals surface area contributed by atoms with E-state index in [1.54, 1.807) is 0 Å².